The zero-order valence-electron chi connectivity index (χ0n) is 19.4. The second kappa shape index (κ2) is 9.54. The summed E-state index contributed by atoms with van der Waals surface area (Å²) in [6, 6.07) is 23.8. The maximum atomic E-state index is 13.4. The van der Waals surface area contributed by atoms with Crippen molar-refractivity contribution in [3.05, 3.63) is 101 Å². The summed E-state index contributed by atoms with van der Waals surface area (Å²) in [6.45, 7) is 2.32. The van der Waals surface area contributed by atoms with E-state index < -0.39 is 0 Å². The summed E-state index contributed by atoms with van der Waals surface area (Å²) in [5.41, 5.74) is 11.3. The predicted molar refractivity (Wildman–Crippen MR) is 137 cm³/mol. The molecule has 1 atom stereocenters. The number of rotatable bonds is 7. The number of benzene rings is 3. The first-order chi connectivity index (χ1) is 17.0. The Morgan fingerprint density at radius 3 is 2.31 bits per heavy atom. The zero-order chi connectivity index (χ0) is 24.4. The summed E-state index contributed by atoms with van der Waals surface area (Å²) in [4.78, 5) is 23.0. The molecule has 3 N–H and O–H groups in total. The van der Waals surface area contributed by atoms with Crippen LogP contribution in [-0.2, 0) is 13.0 Å². The molecule has 35 heavy (non-hydrogen) atoms. The van der Waals surface area contributed by atoms with Crippen LogP contribution in [0.3, 0.4) is 0 Å². The number of aryl methyl sites for hydroxylation is 1. The number of nitrogens with two attached hydrogens (primary N) is 1. The van der Waals surface area contributed by atoms with Crippen LogP contribution >= 0.6 is 0 Å². The molecule has 2 heterocycles. The first-order valence-corrected chi connectivity index (χ1v) is 11.6. The van der Waals surface area contributed by atoms with Crippen LogP contribution in [0.25, 0.3) is 22.2 Å². The summed E-state index contributed by atoms with van der Waals surface area (Å²) in [5, 5.41) is 3.08. The molecule has 0 aliphatic heterocycles. The van der Waals surface area contributed by atoms with Gasteiger partial charge in [-0.15, -0.1) is 0 Å². The number of fused-ring (bicyclic) bond motifs is 2. The van der Waals surface area contributed by atoms with E-state index >= 15 is 0 Å². The second-order valence-corrected chi connectivity index (χ2v) is 8.76. The van der Waals surface area contributed by atoms with Gasteiger partial charge < -0.3 is 15.6 Å². The van der Waals surface area contributed by atoms with Crippen LogP contribution in [0, 0.1) is 5.82 Å². The molecule has 3 aromatic carbocycles. The van der Waals surface area contributed by atoms with Crippen LogP contribution in [0.5, 0.6) is 0 Å². The molecule has 2 aromatic heterocycles. The van der Waals surface area contributed by atoms with Crippen LogP contribution in [0.1, 0.15) is 34.8 Å². The summed E-state index contributed by atoms with van der Waals surface area (Å²) in [6.07, 6.45) is 1.65. The van der Waals surface area contributed by atoms with Gasteiger partial charge in [0.05, 0.1) is 17.6 Å². The molecule has 5 aromatic rings. The van der Waals surface area contributed by atoms with Crippen LogP contribution in [0.15, 0.2) is 78.9 Å². The molecule has 7 heteroatoms. The molecular weight excluding hydrogens is 441 g/mol. The van der Waals surface area contributed by atoms with E-state index in [-0.39, 0.29) is 23.6 Å². The standard InChI is InChI=1S/C28H26FN5O/c1-18(11-12-19-7-3-2-4-8-19)31-28(35)24-25-27(33-23-10-6-5-9-22(23)32-25)34(26(24)30)17-20-13-15-21(29)16-14-20/h2-10,13-16,18H,11-12,17,30H2,1H3,(H,31,35)/t18-/m1/s1. The van der Waals surface area contributed by atoms with Crippen molar-refractivity contribution in [2.75, 3.05) is 5.73 Å². The number of halogens is 1. The number of carbonyl (C=O) groups is 1. The Morgan fingerprint density at radius 2 is 1.60 bits per heavy atom. The molecule has 6 nitrogen and oxygen atoms in total. The number of amides is 1. The third-order valence-electron chi connectivity index (χ3n) is 6.16. The molecule has 0 unspecified atom stereocenters. The summed E-state index contributed by atoms with van der Waals surface area (Å²) in [5.74, 6) is -0.308. The zero-order valence-corrected chi connectivity index (χ0v) is 19.4. The minimum atomic E-state index is -0.311. The van der Waals surface area contributed by atoms with Crippen molar-refractivity contribution in [2.24, 2.45) is 0 Å². The van der Waals surface area contributed by atoms with Gasteiger partial charge in [0.1, 0.15) is 22.7 Å². The number of anilines is 1. The van der Waals surface area contributed by atoms with Crippen LogP contribution in [0.2, 0.25) is 0 Å². The number of nitrogens with one attached hydrogen (secondary N) is 1. The highest BCUT2D eigenvalue weighted by Crippen LogP contribution is 2.29. The van der Waals surface area contributed by atoms with Crippen molar-refractivity contribution in [3.63, 3.8) is 0 Å². The Morgan fingerprint density at radius 1 is 0.943 bits per heavy atom. The molecule has 0 saturated heterocycles. The molecule has 0 bridgehead atoms. The van der Waals surface area contributed by atoms with E-state index in [0.29, 0.717) is 34.3 Å². The molecule has 0 spiro atoms. The van der Waals surface area contributed by atoms with E-state index in [2.05, 4.69) is 17.4 Å². The lowest BCUT2D eigenvalue weighted by atomic mass is 10.1. The molecule has 0 aliphatic rings. The molecule has 0 fully saturated rings. The molecule has 5 rings (SSSR count). The lowest BCUT2D eigenvalue weighted by molar-refractivity contribution is 0.0940. The number of hydrogen-bond acceptors (Lipinski definition) is 4. The lowest BCUT2D eigenvalue weighted by Crippen LogP contribution is -2.33. The maximum Gasteiger partial charge on any atom is 0.257 e. The predicted octanol–water partition coefficient (Wildman–Crippen LogP) is 5.11. The fourth-order valence-corrected chi connectivity index (χ4v) is 4.27. The van der Waals surface area contributed by atoms with Crippen LogP contribution in [0.4, 0.5) is 10.2 Å². The highest BCUT2D eigenvalue weighted by atomic mass is 19.1. The van der Waals surface area contributed by atoms with Gasteiger partial charge in [0.25, 0.3) is 5.91 Å². The third kappa shape index (κ3) is 4.71. The number of carbonyl (C=O) groups excluding carboxylic acids is 1. The van der Waals surface area contributed by atoms with E-state index in [1.165, 1.54) is 17.7 Å². The Hall–Kier alpha value is -4.26. The minimum absolute atomic E-state index is 0.0639. The summed E-state index contributed by atoms with van der Waals surface area (Å²) in [7, 11) is 0. The van der Waals surface area contributed by atoms with Gasteiger partial charge in [-0.3, -0.25) is 4.79 Å². The van der Waals surface area contributed by atoms with Gasteiger partial charge in [-0.25, -0.2) is 14.4 Å². The van der Waals surface area contributed by atoms with Crippen molar-refractivity contribution in [3.8, 4) is 0 Å². The van der Waals surface area contributed by atoms with E-state index in [1.807, 2.05) is 49.4 Å². The molecule has 1 amide bonds. The van der Waals surface area contributed by atoms with Crippen molar-refractivity contribution in [1.29, 1.82) is 0 Å². The normalized spacial score (nSPS) is 12.2. The first kappa shape index (κ1) is 22.5. The molecular formula is C28H26FN5O. The highest BCUT2D eigenvalue weighted by molar-refractivity contribution is 6.10. The SMILES string of the molecule is C[C@H](CCc1ccccc1)NC(=O)c1c(N)n(Cc2ccc(F)cc2)c2nc3ccccc3nc12. The van der Waals surface area contributed by atoms with E-state index in [1.54, 1.807) is 16.7 Å². The monoisotopic (exact) mass is 467 g/mol. The fourth-order valence-electron chi connectivity index (χ4n) is 4.27. The number of nitrogen functional groups attached to an aromatic ring is 1. The van der Waals surface area contributed by atoms with Gasteiger partial charge >= 0.3 is 0 Å². The Labute approximate surface area is 202 Å². The van der Waals surface area contributed by atoms with Gasteiger partial charge in [-0.2, -0.15) is 0 Å². The van der Waals surface area contributed by atoms with Gasteiger partial charge in [0, 0.05) is 6.04 Å². The van der Waals surface area contributed by atoms with Gasteiger partial charge in [0.2, 0.25) is 0 Å². The van der Waals surface area contributed by atoms with E-state index in [4.69, 9.17) is 15.7 Å². The molecule has 0 radical (unpaired) electrons. The third-order valence-corrected chi connectivity index (χ3v) is 6.16. The van der Waals surface area contributed by atoms with Gasteiger partial charge in [-0.05, 0) is 55.2 Å². The van der Waals surface area contributed by atoms with E-state index in [0.717, 1.165) is 18.4 Å². The average Bonchev–Trinajstić information content (AvgIpc) is 3.13. The molecule has 0 saturated carbocycles. The number of aromatic nitrogens is 3. The smallest absolute Gasteiger partial charge is 0.257 e. The van der Waals surface area contributed by atoms with Gasteiger partial charge in [0.15, 0.2) is 5.65 Å². The van der Waals surface area contributed by atoms with Crippen molar-refractivity contribution in [1.82, 2.24) is 19.9 Å². The topological polar surface area (TPSA) is 85.8 Å². The number of nitrogens with zero attached hydrogens (tertiary/aromatic N) is 3. The average molecular weight is 468 g/mol. The van der Waals surface area contributed by atoms with Crippen LogP contribution in [-0.4, -0.2) is 26.5 Å². The Kier molecular flexibility index (Phi) is 6.14. The number of hydrogen-bond donors (Lipinski definition) is 2. The Bertz CT molecular complexity index is 1500. The second-order valence-electron chi connectivity index (χ2n) is 8.76. The highest BCUT2D eigenvalue weighted by Gasteiger charge is 2.25. The van der Waals surface area contributed by atoms with Gasteiger partial charge in [-0.1, -0.05) is 54.6 Å². The summed E-state index contributed by atoms with van der Waals surface area (Å²) >= 11 is 0. The lowest BCUT2D eigenvalue weighted by Gasteiger charge is -2.14. The first-order valence-electron chi connectivity index (χ1n) is 11.6. The van der Waals surface area contributed by atoms with Crippen molar-refractivity contribution < 1.29 is 9.18 Å². The fraction of sp³-hybridized carbons (Fsp3) is 0.179. The largest absolute Gasteiger partial charge is 0.384 e. The van der Waals surface area contributed by atoms with Crippen molar-refractivity contribution >= 4 is 33.9 Å². The van der Waals surface area contributed by atoms with Crippen molar-refractivity contribution in [2.45, 2.75) is 32.4 Å². The number of para-hydroxylation sites is 2. The quantitative estimate of drug-likeness (QED) is 0.349. The Balaban J connectivity index is 1.49. The molecule has 176 valence electrons. The molecule has 0 aliphatic carbocycles. The van der Waals surface area contributed by atoms with Crippen LogP contribution < -0.4 is 11.1 Å². The minimum Gasteiger partial charge on any atom is -0.384 e. The van der Waals surface area contributed by atoms with E-state index in [9.17, 15) is 9.18 Å². The maximum absolute atomic E-state index is 13.4. The summed E-state index contributed by atoms with van der Waals surface area (Å²) < 4.78 is 15.2.